The molecule has 184 valence electrons. The molecule has 2 amide bonds. The van der Waals surface area contributed by atoms with Crippen molar-refractivity contribution in [3.63, 3.8) is 0 Å². The first-order chi connectivity index (χ1) is 16.9. The number of piperidine rings is 1. The lowest BCUT2D eigenvalue weighted by molar-refractivity contribution is -0.146. The van der Waals surface area contributed by atoms with Crippen molar-refractivity contribution in [3.05, 3.63) is 46.6 Å². The second-order valence-corrected chi connectivity index (χ2v) is 10.6. The number of nitrogens with one attached hydrogen (secondary N) is 1. The van der Waals surface area contributed by atoms with Gasteiger partial charge in [0.1, 0.15) is 5.82 Å². The number of carbonyl (C=O) groups is 2. The Morgan fingerprint density at radius 2 is 2.11 bits per heavy atom. The van der Waals surface area contributed by atoms with E-state index < -0.39 is 11.8 Å². The molecule has 4 heterocycles. The highest BCUT2D eigenvalue weighted by Gasteiger charge is 2.34. The molecular formula is C26H31N5O3S. The molecule has 0 unspecified atom stereocenters. The minimum atomic E-state index is -0.656. The molecule has 1 aromatic carbocycles. The number of hydrogen-bond acceptors (Lipinski definition) is 7. The van der Waals surface area contributed by atoms with Gasteiger partial charge in [-0.1, -0.05) is 19.9 Å². The summed E-state index contributed by atoms with van der Waals surface area (Å²) in [5.41, 5.74) is 9.15. The minimum absolute atomic E-state index is 0.162. The first-order valence-electron chi connectivity index (χ1n) is 12.3. The number of carbonyl (C=O) groups excluding carboxylic acids is 2. The third-order valence-electron chi connectivity index (χ3n) is 7.00. The number of ether oxygens (including phenoxy) is 1. The molecule has 2 aliphatic heterocycles. The number of likely N-dealkylation sites (tertiary alicyclic amines) is 1. The van der Waals surface area contributed by atoms with Crippen LogP contribution in [0.15, 0.2) is 30.5 Å². The van der Waals surface area contributed by atoms with E-state index in [1.54, 1.807) is 22.3 Å². The van der Waals surface area contributed by atoms with Gasteiger partial charge in [0.25, 0.3) is 0 Å². The highest BCUT2D eigenvalue weighted by molar-refractivity contribution is 7.18. The summed E-state index contributed by atoms with van der Waals surface area (Å²) in [6, 6.07) is 7.86. The molecule has 2 aliphatic rings. The SMILES string of the molecule is CCc1cc(NC(=O)C(=O)N2C[C@@H](C)CC[C@@H]2c2ccc3sc([C@H]4CCOC4)nc3c2)cnc1N. The fraction of sp³-hybridized carbons (Fsp3) is 0.462. The lowest BCUT2D eigenvalue weighted by Gasteiger charge is -2.38. The lowest BCUT2D eigenvalue weighted by Crippen LogP contribution is -2.46. The van der Waals surface area contributed by atoms with Gasteiger partial charge >= 0.3 is 11.8 Å². The van der Waals surface area contributed by atoms with E-state index in [0.29, 0.717) is 36.3 Å². The normalized spacial score (nSPS) is 22.5. The van der Waals surface area contributed by atoms with E-state index in [-0.39, 0.29) is 6.04 Å². The Bertz CT molecular complexity index is 1250. The largest absolute Gasteiger partial charge is 0.383 e. The van der Waals surface area contributed by atoms with Crippen molar-refractivity contribution in [3.8, 4) is 0 Å². The third kappa shape index (κ3) is 4.88. The number of benzene rings is 1. The number of rotatable bonds is 4. The number of aryl methyl sites for hydroxylation is 1. The first kappa shape index (κ1) is 23.7. The zero-order valence-corrected chi connectivity index (χ0v) is 20.9. The van der Waals surface area contributed by atoms with Gasteiger partial charge in [-0.05, 0) is 60.9 Å². The number of nitrogens with two attached hydrogens (primary N) is 1. The van der Waals surface area contributed by atoms with Crippen LogP contribution < -0.4 is 11.1 Å². The Balaban J connectivity index is 1.37. The van der Waals surface area contributed by atoms with E-state index in [0.717, 1.165) is 58.8 Å². The predicted molar refractivity (Wildman–Crippen MR) is 137 cm³/mol. The van der Waals surface area contributed by atoms with E-state index in [1.807, 2.05) is 6.92 Å². The van der Waals surface area contributed by atoms with Crippen LogP contribution in [0.4, 0.5) is 11.5 Å². The van der Waals surface area contributed by atoms with Crippen molar-refractivity contribution < 1.29 is 14.3 Å². The van der Waals surface area contributed by atoms with Crippen LogP contribution in [0.2, 0.25) is 0 Å². The summed E-state index contributed by atoms with van der Waals surface area (Å²) in [6.45, 7) is 6.14. The number of nitrogen functional groups attached to an aromatic ring is 1. The van der Waals surface area contributed by atoms with Crippen molar-refractivity contribution >= 4 is 44.9 Å². The number of hydrogen-bond donors (Lipinski definition) is 2. The van der Waals surface area contributed by atoms with Crippen molar-refractivity contribution in [2.24, 2.45) is 5.92 Å². The van der Waals surface area contributed by atoms with Gasteiger partial charge in [-0.15, -0.1) is 11.3 Å². The molecular weight excluding hydrogens is 462 g/mol. The molecule has 0 bridgehead atoms. The number of anilines is 2. The maximum absolute atomic E-state index is 13.3. The summed E-state index contributed by atoms with van der Waals surface area (Å²) in [7, 11) is 0. The van der Waals surface area contributed by atoms with E-state index in [4.69, 9.17) is 15.5 Å². The van der Waals surface area contributed by atoms with Gasteiger partial charge in [0.15, 0.2) is 0 Å². The van der Waals surface area contributed by atoms with Gasteiger partial charge in [-0.25, -0.2) is 9.97 Å². The zero-order chi connectivity index (χ0) is 24.5. The number of fused-ring (bicyclic) bond motifs is 1. The second kappa shape index (κ2) is 9.91. The molecule has 5 rings (SSSR count). The molecule has 0 aliphatic carbocycles. The van der Waals surface area contributed by atoms with Crippen molar-refractivity contribution in [1.82, 2.24) is 14.9 Å². The Hall–Kier alpha value is -3.04. The van der Waals surface area contributed by atoms with Crippen molar-refractivity contribution in [2.75, 3.05) is 30.8 Å². The Kier molecular flexibility index (Phi) is 6.71. The number of nitrogens with zero attached hydrogens (tertiary/aromatic N) is 3. The summed E-state index contributed by atoms with van der Waals surface area (Å²) >= 11 is 1.72. The first-order valence-corrected chi connectivity index (χ1v) is 13.1. The van der Waals surface area contributed by atoms with Gasteiger partial charge in [0.2, 0.25) is 0 Å². The molecule has 9 heteroatoms. The van der Waals surface area contributed by atoms with Gasteiger partial charge in [-0.3, -0.25) is 9.59 Å². The summed E-state index contributed by atoms with van der Waals surface area (Å²) in [4.78, 5) is 37.0. The average molecular weight is 494 g/mol. The number of amides is 2. The quantitative estimate of drug-likeness (QED) is 0.525. The Morgan fingerprint density at radius 1 is 1.26 bits per heavy atom. The third-order valence-corrected chi connectivity index (χ3v) is 8.20. The standard InChI is InChI=1S/C26H31N5O3S/c1-3-16-10-19(12-28-23(16)27)29-24(32)26(33)31-13-15(2)4-6-21(31)17-5-7-22-20(11-17)30-25(35-22)18-8-9-34-14-18/h5,7,10-12,15,18,21H,3-4,6,8-9,13-14H2,1-2H3,(H2,27,28)(H,29,32)/t15-,18-,21+/m0/s1. The van der Waals surface area contributed by atoms with Gasteiger partial charge in [0.05, 0.1) is 39.8 Å². The summed E-state index contributed by atoms with van der Waals surface area (Å²) in [5, 5.41) is 3.83. The summed E-state index contributed by atoms with van der Waals surface area (Å²) in [5.74, 6) is -0.0635. The number of pyridine rings is 1. The lowest BCUT2D eigenvalue weighted by atomic mass is 9.89. The number of aromatic nitrogens is 2. The van der Waals surface area contributed by atoms with Crippen molar-refractivity contribution in [2.45, 2.75) is 51.5 Å². The topological polar surface area (TPSA) is 110 Å². The number of thiazole rings is 1. The summed E-state index contributed by atoms with van der Waals surface area (Å²) in [6.07, 6.45) is 4.99. The van der Waals surface area contributed by atoms with Crippen LogP contribution >= 0.6 is 11.3 Å². The van der Waals surface area contributed by atoms with Crippen LogP contribution in [0, 0.1) is 5.92 Å². The Morgan fingerprint density at radius 3 is 2.89 bits per heavy atom. The molecule has 3 N–H and O–H groups in total. The second-order valence-electron chi connectivity index (χ2n) is 9.57. The van der Waals surface area contributed by atoms with Gasteiger partial charge < -0.3 is 20.7 Å². The molecule has 8 nitrogen and oxygen atoms in total. The van der Waals surface area contributed by atoms with E-state index in [1.165, 1.54) is 6.20 Å². The van der Waals surface area contributed by atoms with Crippen LogP contribution in [0.5, 0.6) is 0 Å². The fourth-order valence-electron chi connectivity index (χ4n) is 4.98. The van der Waals surface area contributed by atoms with Crippen molar-refractivity contribution in [1.29, 1.82) is 0 Å². The van der Waals surface area contributed by atoms with E-state index in [9.17, 15) is 9.59 Å². The zero-order valence-electron chi connectivity index (χ0n) is 20.1. The summed E-state index contributed by atoms with van der Waals surface area (Å²) < 4.78 is 6.67. The molecule has 3 atom stereocenters. The smallest absolute Gasteiger partial charge is 0.313 e. The van der Waals surface area contributed by atoms with Gasteiger partial charge in [-0.2, -0.15) is 0 Å². The fourth-order valence-corrected chi connectivity index (χ4v) is 6.05. The van der Waals surface area contributed by atoms with Crippen LogP contribution in [-0.4, -0.2) is 46.4 Å². The molecule has 3 aromatic rings. The van der Waals surface area contributed by atoms with Crippen LogP contribution in [0.1, 0.15) is 61.2 Å². The van der Waals surface area contributed by atoms with Crippen LogP contribution in [0.25, 0.3) is 10.2 Å². The molecule has 35 heavy (non-hydrogen) atoms. The molecule has 0 saturated carbocycles. The van der Waals surface area contributed by atoms with Crippen LogP contribution in [0.3, 0.4) is 0 Å². The molecule has 2 fully saturated rings. The minimum Gasteiger partial charge on any atom is -0.383 e. The van der Waals surface area contributed by atoms with E-state index >= 15 is 0 Å². The predicted octanol–water partition coefficient (Wildman–Crippen LogP) is 4.28. The Labute approximate surface area is 208 Å². The molecule has 0 radical (unpaired) electrons. The molecule has 2 aromatic heterocycles. The monoisotopic (exact) mass is 493 g/mol. The highest BCUT2D eigenvalue weighted by Crippen LogP contribution is 2.37. The molecule has 2 saturated heterocycles. The van der Waals surface area contributed by atoms with Gasteiger partial charge in [0, 0.05) is 19.1 Å². The molecule has 0 spiro atoms. The maximum Gasteiger partial charge on any atom is 0.313 e. The maximum atomic E-state index is 13.3. The van der Waals surface area contributed by atoms with Crippen LogP contribution in [-0.2, 0) is 20.7 Å². The van der Waals surface area contributed by atoms with E-state index in [2.05, 4.69) is 35.4 Å². The highest BCUT2D eigenvalue weighted by atomic mass is 32.1. The average Bonchev–Trinajstić information content (AvgIpc) is 3.54.